The van der Waals surface area contributed by atoms with Crippen molar-refractivity contribution in [1.29, 1.82) is 5.41 Å². The number of ether oxygens (including phenoxy) is 1. The fourth-order valence-electron chi connectivity index (χ4n) is 1.55. The van der Waals surface area contributed by atoms with E-state index in [1.54, 1.807) is 6.92 Å². The van der Waals surface area contributed by atoms with Crippen LogP contribution in [0.4, 0.5) is 0 Å². The molecule has 1 aliphatic rings. The molecule has 0 unspecified atom stereocenters. The quantitative estimate of drug-likeness (QED) is 0.567. The van der Waals surface area contributed by atoms with Crippen molar-refractivity contribution < 1.29 is 4.74 Å². The van der Waals surface area contributed by atoms with Gasteiger partial charge in [0.15, 0.2) is 0 Å². The van der Waals surface area contributed by atoms with Crippen molar-refractivity contribution >= 4 is 21.8 Å². The highest BCUT2D eigenvalue weighted by Gasteiger charge is 2.16. The summed E-state index contributed by atoms with van der Waals surface area (Å²) < 4.78 is 5.31. The number of thioether (sulfide) groups is 1. The Morgan fingerprint density at radius 2 is 2.14 bits per heavy atom. The predicted molar refractivity (Wildman–Crippen MR) is 62.5 cm³/mol. The number of nitrogens with one attached hydrogen (secondary N) is 1. The zero-order valence-corrected chi connectivity index (χ0v) is 9.69. The Labute approximate surface area is 89.8 Å². The Morgan fingerprint density at radius 1 is 1.50 bits per heavy atom. The first-order valence-electron chi connectivity index (χ1n) is 4.98. The van der Waals surface area contributed by atoms with Gasteiger partial charge in [-0.15, -0.1) is 0 Å². The van der Waals surface area contributed by atoms with E-state index in [2.05, 4.69) is 4.99 Å². The molecule has 0 saturated carbocycles. The topological polar surface area (TPSA) is 45.4 Å². The minimum absolute atomic E-state index is 0.623. The van der Waals surface area contributed by atoms with E-state index in [0.717, 1.165) is 37.5 Å². The van der Waals surface area contributed by atoms with Crippen LogP contribution in [0.25, 0.3) is 0 Å². The third-order valence-electron chi connectivity index (χ3n) is 2.32. The van der Waals surface area contributed by atoms with Crippen molar-refractivity contribution in [3.63, 3.8) is 0 Å². The van der Waals surface area contributed by atoms with Crippen LogP contribution in [0.2, 0.25) is 0 Å². The summed E-state index contributed by atoms with van der Waals surface area (Å²) in [5.74, 6) is 0.703. The van der Waals surface area contributed by atoms with E-state index in [1.807, 2.05) is 7.05 Å². The molecule has 14 heavy (non-hydrogen) atoms. The minimum atomic E-state index is 0.623. The summed E-state index contributed by atoms with van der Waals surface area (Å²) >= 11 is 1.49. The molecule has 0 bridgehead atoms. The molecule has 1 saturated heterocycles. The van der Waals surface area contributed by atoms with Gasteiger partial charge in [-0.3, -0.25) is 10.4 Å². The molecule has 1 fully saturated rings. The molecule has 4 heteroatoms. The second kappa shape index (κ2) is 6.19. The molecule has 3 nitrogen and oxygen atoms in total. The van der Waals surface area contributed by atoms with Gasteiger partial charge in [0.05, 0.1) is 10.1 Å². The average molecular weight is 214 g/mol. The third-order valence-corrected chi connectivity index (χ3v) is 3.22. The van der Waals surface area contributed by atoms with Crippen molar-refractivity contribution in [2.24, 2.45) is 10.9 Å². The SMILES string of the molecule is C/N=C(/CC1CCOCC1)SC(C)=N. The molecule has 0 aromatic carbocycles. The van der Waals surface area contributed by atoms with Gasteiger partial charge in [0.1, 0.15) is 0 Å². The van der Waals surface area contributed by atoms with E-state index in [-0.39, 0.29) is 0 Å². The standard InChI is InChI=1S/C10H18N2OS/c1-8(11)14-10(12-2)7-9-3-5-13-6-4-9/h9,11H,3-7H2,1-2H3/b11-8?,12-10-. The molecular formula is C10H18N2OS. The second-order valence-electron chi connectivity index (χ2n) is 3.54. The first kappa shape index (κ1) is 11.7. The molecule has 1 rings (SSSR count). The van der Waals surface area contributed by atoms with Gasteiger partial charge < -0.3 is 4.74 Å². The summed E-state index contributed by atoms with van der Waals surface area (Å²) in [4.78, 5) is 4.22. The second-order valence-corrected chi connectivity index (χ2v) is 4.82. The Balaban J connectivity index is 2.35. The Hall–Kier alpha value is -0.350. The maximum atomic E-state index is 7.40. The van der Waals surface area contributed by atoms with E-state index in [0.29, 0.717) is 11.0 Å². The molecule has 80 valence electrons. The summed E-state index contributed by atoms with van der Waals surface area (Å²) in [7, 11) is 1.81. The number of aliphatic imine (C=N–C) groups is 1. The zero-order chi connectivity index (χ0) is 10.4. The van der Waals surface area contributed by atoms with E-state index in [9.17, 15) is 0 Å². The van der Waals surface area contributed by atoms with E-state index in [4.69, 9.17) is 10.1 Å². The molecule has 1 aliphatic heterocycles. The van der Waals surface area contributed by atoms with E-state index in [1.165, 1.54) is 11.8 Å². The van der Waals surface area contributed by atoms with Crippen molar-refractivity contribution in [3.8, 4) is 0 Å². The molecule has 0 amide bonds. The molecule has 0 atom stereocenters. The fourth-order valence-corrected chi connectivity index (χ4v) is 2.32. The molecule has 1 N–H and O–H groups in total. The van der Waals surface area contributed by atoms with Crippen molar-refractivity contribution in [1.82, 2.24) is 0 Å². The van der Waals surface area contributed by atoms with Crippen LogP contribution >= 0.6 is 11.8 Å². The maximum absolute atomic E-state index is 7.40. The first-order chi connectivity index (χ1) is 6.72. The highest BCUT2D eigenvalue weighted by Crippen LogP contribution is 2.22. The molecule has 0 radical (unpaired) electrons. The normalized spacial score (nSPS) is 19.7. The van der Waals surface area contributed by atoms with Crippen LogP contribution in [0.5, 0.6) is 0 Å². The Bertz CT molecular complexity index is 222. The van der Waals surface area contributed by atoms with Gasteiger partial charge in [0, 0.05) is 20.3 Å². The summed E-state index contributed by atoms with van der Waals surface area (Å²) in [6.45, 7) is 3.58. The van der Waals surface area contributed by atoms with Crippen molar-refractivity contribution in [3.05, 3.63) is 0 Å². The number of hydrogen-bond acceptors (Lipinski definition) is 4. The van der Waals surface area contributed by atoms with Gasteiger partial charge in [0.25, 0.3) is 0 Å². The van der Waals surface area contributed by atoms with Gasteiger partial charge in [-0.1, -0.05) is 11.8 Å². The summed E-state index contributed by atoms with van der Waals surface area (Å²) in [6, 6.07) is 0. The van der Waals surface area contributed by atoms with Crippen LogP contribution in [0.1, 0.15) is 26.2 Å². The highest BCUT2D eigenvalue weighted by atomic mass is 32.2. The van der Waals surface area contributed by atoms with Crippen molar-refractivity contribution in [2.45, 2.75) is 26.2 Å². The number of nitrogens with zero attached hydrogens (tertiary/aromatic N) is 1. The third kappa shape index (κ3) is 4.24. The van der Waals surface area contributed by atoms with Crippen LogP contribution in [-0.4, -0.2) is 30.3 Å². The molecular weight excluding hydrogens is 196 g/mol. The maximum Gasteiger partial charge on any atom is 0.0734 e. The monoisotopic (exact) mass is 214 g/mol. The lowest BCUT2D eigenvalue weighted by Crippen LogP contribution is -2.18. The lowest BCUT2D eigenvalue weighted by Gasteiger charge is -2.22. The molecule has 0 aromatic rings. The lowest BCUT2D eigenvalue weighted by atomic mass is 9.97. The van der Waals surface area contributed by atoms with Gasteiger partial charge in [-0.05, 0) is 32.1 Å². The summed E-state index contributed by atoms with van der Waals surface area (Å²) in [6.07, 6.45) is 3.29. The van der Waals surface area contributed by atoms with Gasteiger partial charge in [-0.2, -0.15) is 0 Å². The largest absolute Gasteiger partial charge is 0.381 e. The van der Waals surface area contributed by atoms with Crippen LogP contribution in [0.15, 0.2) is 4.99 Å². The van der Waals surface area contributed by atoms with E-state index < -0.39 is 0 Å². The highest BCUT2D eigenvalue weighted by molar-refractivity contribution is 8.26. The Kier molecular flexibility index (Phi) is 5.19. The molecule has 1 heterocycles. The number of rotatable bonds is 2. The van der Waals surface area contributed by atoms with Gasteiger partial charge in [0.2, 0.25) is 0 Å². The summed E-state index contributed by atoms with van der Waals surface area (Å²) in [5, 5.41) is 9.11. The van der Waals surface area contributed by atoms with Gasteiger partial charge in [-0.25, -0.2) is 0 Å². The summed E-state index contributed by atoms with van der Waals surface area (Å²) in [5.41, 5.74) is 0. The number of hydrogen-bond donors (Lipinski definition) is 1. The minimum Gasteiger partial charge on any atom is -0.381 e. The molecule has 0 aliphatic carbocycles. The Morgan fingerprint density at radius 3 is 2.64 bits per heavy atom. The average Bonchev–Trinajstić information content (AvgIpc) is 2.17. The van der Waals surface area contributed by atoms with Crippen LogP contribution in [-0.2, 0) is 4.74 Å². The predicted octanol–water partition coefficient (Wildman–Crippen LogP) is 2.56. The molecule has 0 spiro atoms. The van der Waals surface area contributed by atoms with Crippen LogP contribution in [0, 0.1) is 11.3 Å². The van der Waals surface area contributed by atoms with Crippen LogP contribution < -0.4 is 0 Å². The van der Waals surface area contributed by atoms with Gasteiger partial charge >= 0.3 is 0 Å². The van der Waals surface area contributed by atoms with Crippen molar-refractivity contribution in [2.75, 3.05) is 20.3 Å². The fraction of sp³-hybridized carbons (Fsp3) is 0.800. The van der Waals surface area contributed by atoms with E-state index >= 15 is 0 Å². The molecule has 0 aromatic heterocycles. The lowest BCUT2D eigenvalue weighted by molar-refractivity contribution is 0.0686. The first-order valence-corrected chi connectivity index (χ1v) is 5.80. The van der Waals surface area contributed by atoms with Crippen LogP contribution in [0.3, 0.4) is 0 Å². The smallest absolute Gasteiger partial charge is 0.0734 e. The zero-order valence-electron chi connectivity index (χ0n) is 8.88.